The highest BCUT2D eigenvalue weighted by Gasteiger charge is 2.23. The number of nitrogens with one attached hydrogen (secondary N) is 2. The zero-order chi connectivity index (χ0) is 35.2. The SMILES string of the molecule is CN(C=O)c1ccc2c(c1)N(Cc1cnc[nH]1)CC2.Cn1cnc(CN2CCc3ccc([N+](=O)[O-])cc32)c1.O=[N+]([O-])c1ccc2c(c1)NCC2. The van der Waals surface area contributed by atoms with Crippen molar-refractivity contribution in [3.8, 4) is 0 Å². The molecule has 3 aliphatic heterocycles. The Labute approximate surface area is 288 Å². The largest absolute Gasteiger partial charge is 0.384 e. The van der Waals surface area contributed by atoms with Crippen LogP contribution in [0.25, 0.3) is 0 Å². The molecule has 0 atom stereocenters. The van der Waals surface area contributed by atoms with Gasteiger partial charge in [0.15, 0.2) is 0 Å². The zero-order valence-electron chi connectivity index (χ0n) is 27.9. The average molecular weight is 679 g/mol. The summed E-state index contributed by atoms with van der Waals surface area (Å²) in [5, 5.41) is 24.3. The molecule has 0 spiro atoms. The maximum absolute atomic E-state index is 10.8. The summed E-state index contributed by atoms with van der Waals surface area (Å²) in [4.78, 5) is 48.8. The van der Waals surface area contributed by atoms with Crippen molar-refractivity contribution in [1.29, 1.82) is 0 Å². The average Bonchev–Trinajstić information content (AvgIpc) is 3.97. The van der Waals surface area contributed by atoms with Gasteiger partial charge in [-0.3, -0.25) is 25.0 Å². The number of nitro groups is 2. The smallest absolute Gasteiger partial charge is 0.271 e. The monoisotopic (exact) mass is 678 g/mol. The van der Waals surface area contributed by atoms with Crippen LogP contribution < -0.4 is 20.0 Å². The van der Waals surface area contributed by atoms with Crippen LogP contribution in [0.3, 0.4) is 0 Å². The third kappa shape index (κ3) is 7.72. The van der Waals surface area contributed by atoms with E-state index < -0.39 is 0 Å². The molecule has 2 aromatic heterocycles. The van der Waals surface area contributed by atoms with Crippen LogP contribution in [0.15, 0.2) is 79.6 Å². The Hall–Kier alpha value is -6.25. The third-order valence-electron chi connectivity index (χ3n) is 8.94. The van der Waals surface area contributed by atoms with Gasteiger partial charge in [0, 0.05) is 93.1 Å². The molecule has 0 radical (unpaired) electrons. The van der Waals surface area contributed by atoms with Crippen molar-refractivity contribution in [1.82, 2.24) is 19.5 Å². The second kappa shape index (κ2) is 14.9. The summed E-state index contributed by atoms with van der Waals surface area (Å²) >= 11 is 0. The van der Waals surface area contributed by atoms with Gasteiger partial charge in [0.05, 0.1) is 47.0 Å². The van der Waals surface area contributed by atoms with Crippen molar-refractivity contribution in [2.75, 3.05) is 46.7 Å². The van der Waals surface area contributed by atoms with Crippen LogP contribution in [0.1, 0.15) is 28.1 Å². The van der Waals surface area contributed by atoms with Crippen LogP contribution >= 0.6 is 0 Å². The first-order chi connectivity index (χ1) is 24.2. The maximum Gasteiger partial charge on any atom is 0.271 e. The van der Waals surface area contributed by atoms with Crippen LogP contribution in [0, 0.1) is 20.2 Å². The lowest BCUT2D eigenvalue weighted by molar-refractivity contribution is -0.385. The fourth-order valence-electron chi connectivity index (χ4n) is 6.30. The number of benzene rings is 3. The van der Waals surface area contributed by atoms with E-state index >= 15 is 0 Å². The number of anilines is 4. The summed E-state index contributed by atoms with van der Waals surface area (Å²) in [6, 6.07) is 16.2. The normalized spacial score (nSPS) is 13.6. The molecule has 8 rings (SSSR count). The number of carbonyl (C=O) groups excluding carboxylic acids is 1. The van der Waals surface area contributed by atoms with Crippen molar-refractivity contribution < 1.29 is 14.6 Å². The zero-order valence-corrected chi connectivity index (χ0v) is 27.9. The van der Waals surface area contributed by atoms with Crippen molar-refractivity contribution in [3.63, 3.8) is 0 Å². The van der Waals surface area contributed by atoms with Crippen molar-refractivity contribution in [2.45, 2.75) is 32.4 Å². The van der Waals surface area contributed by atoms with E-state index in [0.717, 1.165) is 80.3 Å². The molecule has 0 bridgehead atoms. The van der Waals surface area contributed by atoms with Gasteiger partial charge in [-0.15, -0.1) is 0 Å². The molecule has 15 heteroatoms. The number of aromatic nitrogens is 4. The number of carbonyl (C=O) groups is 1. The Kier molecular flexibility index (Phi) is 10.0. The Morgan fingerprint density at radius 1 is 0.880 bits per heavy atom. The highest BCUT2D eigenvalue weighted by molar-refractivity contribution is 5.77. The Balaban J connectivity index is 0.000000133. The first-order valence-electron chi connectivity index (χ1n) is 16.2. The molecule has 1 amide bonds. The van der Waals surface area contributed by atoms with E-state index in [-0.39, 0.29) is 21.2 Å². The minimum absolute atomic E-state index is 0.145. The van der Waals surface area contributed by atoms with Gasteiger partial charge in [-0.05, 0) is 48.1 Å². The molecule has 0 fully saturated rings. The summed E-state index contributed by atoms with van der Waals surface area (Å²) < 4.78 is 1.90. The fraction of sp³-hybridized carbons (Fsp3) is 0.286. The number of imidazole rings is 2. The molecule has 3 aliphatic rings. The lowest BCUT2D eigenvalue weighted by Gasteiger charge is -2.20. The molecule has 3 aromatic carbocycles. The Morgan fingerprint density at radius 2 is 1.54 bits per heavy atom. The number of fused-ring (bicyclic) bond motifs is 3. The molecule has 5 aromatic rings. The van der Waals surface area contributed by atoms with Gasteiger partial charge in [-0.1, -0.05) is 18.2 Å². The van der Waals surface area contributed by atoms with Crippen molar-refractivity contribution in [3.05, 3.63) is 128 Å². The Bertz CT molecular complexity index is 1990. The lowest BCUT2D eigenvalue weighted by Crippen LogP contribution is -2.20. The van der Waals surface area contributed by atoms with Crippen molar-refractivity contribution >= 4 is 40.5 Å². The lowest BCUT2D eigenvalue weighted by atomic mass is 10.1. The second-order valence-corrected chi connectivity index (χ2v) is 12.3. The molecule has 0 aliphatic carbocycles. The van der Waals surface area contributed by atoms with Crippen molar-refractivity contribution in [2.24, 2.45) is 7.05 Å². The van der Waals surface area contributed by atoms with Gasteiger partial charge < -0.3 is 29.6 Å². The quantitative estimate of drug-likeness (QED) is 0.129. The van der Waals surface area contributed by atoms with Gasteiger partial charge in [0.1, 0.15) is 0 Å². The Morgan fingerprint density at radius 3 is 2.18 bits per heavy atom. The van der Waals surface area contributed by atoms with Crippen LogP contribution in [0.5, 0.6) is 0 Å². The highest BCUT2D eigenvalue weighted by Crippen LogP contribution is 2.34. The summed E-state index contributed by atoms with van der Waals surface area (Å²) in [5.74, 6) is 0. The van der Waals surface area contributed by atoms with E-state index in [4.69, 9.17) is 0 Å². The maximum atomic E-state index is 10.8. The van der Waals surface area contributed by atoms with Gasteiger partial charge in [0.2, 0.25) is 6.41 Å². The van der Waals surface area contributed by atoms with Gasteiger partial charge in [-0.2, -0.15) is 0 Å². The molecule has 15 nitrogen and oxygen atoms in total. The minimum Gasteiger partial charge on any atom is -0.384 e. The van der Waals surface area contributed by atoms with Gasteiger partial charge in [-0.25, -0.2) is 9.97 Å². The van der Waals surface area contributed by atoms with E-state index in [2.05, 4.69) is 42.2 Å². The molecule has 0 saturated carbocycles. The topological polar surface area (TPSA) is 172 Å². The summed E-state index contributed by atoms with van der Waals surface area (Å²) in [5.41, 5.74) is 10.0. The fourth-order valence-corrected chi connectivity index (χ4v) is 6.30. The number of hydrogen-bond donors (Lipinski definition) is 2. The number of nitro benzene ring substituents is 2. The number of aromatic amines is 1. The number of non-ortho nitro benzene ring substituents is 2. The van der Waals surface area contributed by atoms with Crippen LogP contribution in [0.2, 0.25) is 0 Å². The van der Waals surface area contributed by atoms with E-state index in [9.17, 15) is 25.0 Å². The third-order valence-corrected chi connectivity index (χ3v) is 8.94. The van der Waals surface area contributed by atoms with Crippen LogP contribution in [-0.4, -0.2) is 62.5 Å². The summed E-state index contributed by atoms with van der Waals surface area (Å²) in [7, 11) is 3.70. The number of rotatable bonds is 8. The van der Waals surface area contributed by atoms with E-state index in [0.29, 0.717) is 6.54 Å². The number of H-pyrrole nitrogens is 1. The first kappa shape index (κ1) is 33.6. The van der Waals surface area contributed by atoms with Crippen LogP contribution in [0.4, 0.5) is 34.1 Å². The highest BCUT2D eigenvalue weighted by atomic mass is 16.6. The standard InChI is InChI=1S/C14H16N4O.C13H14N4O2.C8H8N2O2/c1-17(10-19)13-3-2-11-4-5-18(14(11)6-13)8-12-7-15-9-16-12;1-15-7-11(14-9-15)8-16-5-4-10-2-3-12(17(18)19)6-13(10)16;11-10(12)7-2-1-6-3-4-9-8(6)5-7/h2-3,6-7,9-10H,4-5,8H2,1H3,(H,15,16);2-3,6-7,9H,4-5,8H2,1H3;1-2,5,9H,3-4H2. The number of hydrogen-bond acceptors (Lipinski definition) is 10. The van der Waals surface area contributed by atoms with E-state index in [1.807, 2.05) is 42.2 Å². The molecule has 50 heavy (non-hydrogen) atoms. The predicted molar refractivity (Wildman–Crippen MR) is 191 cm³/mol. The molecule has 258 valence electrons. The molecular weight excluding hydrogens is 640 g/mol. The summed E-state index contributed by atoms with van der Waals surface area (Å²) in [6.45, 7) is 4.28. The molecule has 0 saturated heterocycles. The number of nitrogens with zero attached hydrogens (tertiary/aromatic N) is 8. The second-order valence-electron chi connectivity index (χ2n) is 12.3. The van der Waals surface area contributed by atoms with Crippen LogP contribution in [-0.2, 0) is 44.2 Å². The predicted octanol–water partition coefficient (Wildman–Crippen LogP) is 5.02. The molecular formula is C35H38N10O5. The first-order valence-corrected chi connectivity index (χ1v) is 16.2. The molecule has 5 heterocycles. The van der Waals surface area contributed by atoms with Gasteiger partial charge >= 0.3 is 0 Å². The molecule has 2 N–H and O–H groups in total. The number of amides is 1. The van der Waals surface area contributed by atoms with E-state index in [1.165, 1.54) is 22.4 Å². The minimum atomic E-state index is -0.375. The van der Waals surface area contributed by atoms with Gasteiger partial charge in [0.25, 0.3) is 11.4 Å². The molecule has 0 unspecified atom stereocenters. The summed E-state index contributed by atoms with van der Waals surface area (Å²) in [6.07, 6.45) is 11.1. The number of aryl methyl sites for hydroxylation is 1. The van der Waals surface area contributed by atoms with E-state index in [1.54, 1.807) is 48.9 Å².